The Labute approximate surface area is 91.6 Å². The van der Waals surface area contributed by atoms with Gasteiger partial charge in [-0.2, -0.15) is 0 Å². The number of carboxylic acid groups (broad SMARTS) is 1. The molecule has 3 N–H and O–H groups in total. The molecule has 0 saturated carbocycles. The van der Waals surface area contributed by atoms with Crippen molar-refractivity contribution in [2.45, 2.75) is 12.5 Å². The summed E-state index contributed by atoms with van der Waals surface area (Å²) in [5.41, 5.74) is -1.40. The molecule has 0 aliphatic rings. The van der Waals surface area contributed by atoms with E-state index in [2.05, 4.69) is 4.89 Å². The van der Waals surface area contributed by atoms with Crippen LogP contribution in [0, 0.1) is 0 Å². The zero-order valence-corrected chi connectivity index (χ0v) is 8.53. The highest BCUT2D eigenvalue weighted by Gasteiger charge is 2.31. The van der Waals surface area contributed by atoms with Crippen LogP contribution in [0.4, 0.5) is 0 Å². The predicted octanol–water partition coefficient (Wildman–Crippen LogP) is 0.611. The summed E-state index contributed by atoms with van der Waals surface area (Å²) in [4.78, 5) is 22.1. The van der Waals surface area contributed by atoms with Crippen molar-refractivity contribution in [2.24, 2.45) is 0 Å². The molecule has 16 heavy (non-hydrogen) atoms. The number of aliphatic carboxylic acids is 1. The SMILES string of the molecule is CC(O)(C(=O)O)c1ccccc1.O=COO. The third kappa shape index (κ3) is 4.07. The van der Waals surface area contributed by atoms with Crippen LogP contribution in [0.25, 0.3) is 0 Å². The lowest BCUT2D eigenvalue weighted by molar-refractivity contribution is -0.217. The van der Waals surface area contributed by atoms with Crippen LogP contribution in [-0.2, 0) is 20.1 Å². The minimum absolute atomic E-state index is 0.0694. The summed E-state index contributed by atoms with van der Waals surface area (Å²) < 4.78 is 0. The fourth-order valence-electron chi connectivity index (χ4n) is 0.886. The first-order valence-corrected chi connectivity index (χ1v) is 4.22. The Kier molecular flexibility index (Phi) is 5.76. The van der Waals surface area contributed by atoms with E-state index < -0.39 is 11.6 Å². The van der Waals surface area contributed by atoms with Crippen LogP contribution in [0.5, 0.6) is 0 Å². The fourth-order valence-corrected chi connectivity index (χ4v) is 0.886. The molecule has 1 atom stereocenters. The van der Waals surface area contributed by atoms with Gasteiger partial charge in [0, 0.05) is 0 Å². The number of hydrogen-bond donors (Lipinski definition) is 3. The van der Waals surface area contributed by atoms with Gasteiger partial charge in [-0.15, -0.1) is 0 Å². The largest absolute Gasteiger partial charge is 0.479 e. The number of carboxylic acids is 1. The zero-order chi connectivity index (χ0) is 12.6. The minimum atomic E-state index is -1.79. The average molecular weight is 228 g/mol. The average Bonchev–Trinajstić information content (AvgIpc) is 2.30. The number of benzene rings is 1. The summed E-state index contributed by atoms with van der Waals surface area (Å²) in [6.45, 7) is 1.19. The van der Waals surface area contributed by atoms with Crippen LogP contribution in [0.2, 0.25) is 0 Å². The molecule has 1 aromatic carbocycles. The third-order valence-electron chi connectivity index (χ3n) is 1.80. The topological polar surface area (TPSA) is 104 Å². The van der Waals surface area contributed by atoms with Crippen molar-refractivity contribution < 1.29 is 29.9 Å². The third-order valence-corrected chi connectivity index (χ3v) is 1.80. The molecule has 0 heterocycles. The monoisotopic (exact) mass is 228 g/mol. The highest BCUT2D eigenvalue weighted by Crippen LogP contribution is 2.19. The van der Waals surface area contributed by atoms with Crippen molar-refractivity contribution in [3.63, 3.8) is 0 Å². The number of carbonyl (C=O) groups excluding carboxylic acids is 1. The van der Waals surface area contributed by atoms with Crippen LogP contribution in [0.3, 0.4) is 0 Å². The van der Waals surface area contributed by atoms with E-state index in [1.54, 1.807) is 30.3 Å². The molecule has 1 aromatic rings. The van der Waals surface area contributed by atoms with Gasteiger partial charge in [0.15, 0.2) is 5.60 Å². The highest BCUT2D eigenvalue weighted by molar-refractivity contribution is 5.78. The van der Waals surface area contributed by atoms with Gasteiger partial charge >= 0.3 is 12.4 Å². The summed E-state index contributed by atoms with van der Waals surface area (Å²) in [6.07, 6.45) is 0. The lowest BCUT2D eigenvalue weighted by atomic mass is 9.97. The quantitative estimate of drug-likeness (QED) is 0.398. The second-order valence-electron chi connectivity index (χ2n) is 2.95. The van der Waals surface area contributed by atoms with E-state index in [9.17, 15) is 9.90 Å². The normalized spacial score (nSPS) is 12.7. The van der Waals surface area contributed by atoms with Crippen LogP contribution in [-0.4, -0.2) is 27.9 Å². The number of carbonyl (C=O) groups is 2. The summed E-state index contributed by atoms with van der Waals surface area (Å²) in [5.74, 6) is -1.24. The standard InChI is InChI=1S/C9H10O3.CH2O3/c1-9(12,8(10)11)7-5-3-2-4-6-7;2-1-4-3/h2-6,12H,1H3,(H,10,11);1,3H. The van der Waals surface area contributed by atoms with Crippen LogP contribution < -0.4 is 0 Å². The van der Waals surface area contributed by atoms with Gasteiger partial charge in [-0.25, -0.2) is 10.1 Å². The Balaban J connectivity index is 0.000000487. The molecule has 1 unspecified atom stereocenters. The first-order chi connectivity index (χ1) is 7.46. The Bertz CT molecular complexity index is 332. The van der Waals surface area contributed by atoms with Gasteiger partial charge in [0.25, 0.3) is 0 Å². The molecule has 1 rings (SSSR count). The molecule has 88 valence electrons. The van der Waals surface area contributed by atoms with E-state index in [0.29, 0.717) is 5.56 Å². The van der Waals surface area contributed by atoms with E-state index in [-0.39, 0.29) is 6.47 Å². The predicted molar refractivity (Wildman–Crippen MR) is 53.4 cm³/mol. The molecule has 0 aliphatic carbocycles. The van der Waals surface area contributed by atoms with Crippen molar-refractivity contribution in [3.8, 4) is 0 Å². The van der Waals surface area contributed by atoms with Crippen molar-refractivity contribution in [1.29, 1.82) is 0 Å². The minimum Gasteiger partial charge on any atom is -0.479 e. The second-order valence-corrected chi connectivity index (χ2v) is 2.95. The van der Waals surface area contributed by atoms with Gasteiger partial charge in [0.2, 0.25) is 0 Å². The smallest absolute Gasteiger partial charge is 0.340 e. The number of aliphatic hydroxyl groups is 1. The molecular weight excluding hydrogens is 216 g/mol. The Hall–Kier alpha value is -1.92. The van der Waals surface area contributed by atoms with E-state index in [1.165, 1.54) is 6.92 Å². The van der Waals surface area contributed by atoms with Crippen molar-refractivity contribution >= 4 is 12.4 Å². The second kappa shape index (κ2) is 6.54. The van der Waals surface area contributed by atoms with Crippen molar-refractivity contribution in [1.82, 2.24) is 0 Å². The van der Waals surface area contributed by atoms with Gasteiger partial charge in [-0.1, -0.05) is 30.3 Å². The lowest BCUT2D eigenvalue weighted by Gasteiger charge is -2.17. The Morgan fingerprint density at radius 2 is 1.81 bits per heavy atom. The van der Waals surface area contributed by atoms with Gasteiger partial charge < -0.3 is 15.1 Å². The molecule has 0 spiro atoms. The first kappa shape index (κ1) is 14.1. The van der Waals surface area contributed by atoms with E-state index >= 15 is 0 Å². The number of hydrogen-bond acceptors (Lipinski definition) is 5. The molecule has 0 aliphatic heterocycles. The first-order valence-electron chi connectivity index (χ1n) is 4.22. The maximum absolute atomic E-state index is 10.6. The van der Waals surface area contributed by atoms with E-state index in [1.807, 2.05) is 0 Å². The Morgan fingerprint density at radius 3 is 2.12 bits per heavy atom. The molecule has 0 fully saturated rings. The highest BCUT2D eigenvalue weighted by atomic mass is 17.1. The molecule has 0 radical (unpaired) electrons. The molecule has 0 saturated heterocycles. The Morgan fingerprint density at radius 1 is 1.38 bits per heavy atom. The van der Waals surface area contributed by atoms with Crippen molar-refractivity contribution in [3.05, 3.63) is 35.9 Å². The summed E-state index contributed by atoms with van der Waals surface area (Å²) in [6, 6.07) is 8.29. The molecule has 6 nitrogen and oxygen atoms in total. The maximum atomic E-state index is 10.6. The molecule has 0 amide bonds. The zero-order valence-electron chi connectivity index (χ0n) is 8.53. The van der Waals surface area contributed by atoms with Crippen LogP contribution in [0.15, 0.2) is 30.3 Å². The van der Waals surface area contributed by atoms with Crippen LogP contribution in [0.1, 0.15) is 12.5 Å². The molecular formula is C10H12O6. The molecule has 0 aromatic heterocycles. The van der Waals surface area contributed by atoms with E-state index in [0.717, 1.165) is 0 Å². The van der Waals surface area contributed by atoms with Crippen LogP contribution >= 0.6 is 0 Å². The van der Waals surface area contributed by atoms with Crippen molar-refractivity contribution in [2.75, 3.05) is 0 Å². The van der Waals surface area contributed by atoms with Gasteiger partial charge in [-0.3, -0.25) is 4.79 Å². The van der Waals surface area contributed by atoms with E-state index in [4.69, 9.17) is 15.2 Å². The summed E-state index contributed by atoms with van der Waals surface area (Å²) in [7, 11) is 0. The van der Waals surface area contributed by atoms with Gasteiger partial charge in [0.05, 0.1) is 0 Å². The summed E-state index contributed by atoms with van der Waals surface area (Å²) >= 11 is 0. The van der Waals surface area contributed by atoms with Gasteiger partial charge in [0.1, 0.15) is 0 Å². The summed E-state index contributed by atoms with van der Waals surface area (Å²) in [5, 5.41) is 25.1. The lowest BCUT2D eigenvalue weighted by Crippen LogP contribution is -2.31. The number of rotatable bonds is 3. The fraction of sp³-hybridized carbons (Fsp3) is 0.200. The van der Waals surface area contributed by atoms with Gasteiger partial charge in [-0.05, 0) is 12.5 Å². The maximum Gasteiger partial charge on any atom is 0.340 e. The molecule has 0 bridgehead atoms. The molecule has 6 heteroatoms.